The van der Waals surface area contributed by atoms with Gasteiger partial charge in [0, 0.05) is 5.92 Å². The monoisotopic (exact) mass is 333 g/mol. The van der Waals surface area contributed by atoms with Crippen LogP contribution >= 0.6 is 0 Å². The molecule has 2 rings (SSSR count). The van der Waals surface area contributed by atoms with Crippen LogP contribution in [0, 0.1) is 5.92 Å². The van der Waals surface area contributed by atoms with Crippen molar-refractivity contribution >= 4 is 5.57 Å². The van der Waals surface area contributed by atoms with Crippen LogP contribution in [-0.4, -0.2) is 6.54 Å². The van der Waals surface area contributed by atoms with Crippen molar-refractivity contribution in [1.29, 1.82) is 0 Å². The lowest BCUT2D eigenvalue weighted by Crippen LogP contribution is -2.08. The highest BCUT2D eigenvalue weighted by atomic mass is 14.5. The SMILES string of the molecule is C=C(/C=C\C)/C(CC)=C(/c1ccccc1)C1C=CC(CCCN)=CC1. The van der Waals surface area contributed by atoms with Gasteiger partial charge >= 0.3 is 0 Å². The van der Waals surface area contributed by atoms with Gasteiger partial charge in [0.2, 0.25) is 0 Å². The normalized spacial score (nSPS) is 18.2. The van der Waals surface area contributed by atoms with Gasteiger partial charge in [-0.05, 0) is 61.4 Å². The van der Waals surface area contributed by atoms with E-state index in [1.165, 1.54) is 22.3 Å². The molecule has 1 atom stereocenters. The van der Waals surface area contributed by atoms with Crippen molar-refractivity contribution in [1.82, 2.24) is 0 Å². The van der Waals surface area contributed by atoms with E-state index in [1.54, 1.807) is 0 Å². The molecule has 132 valence electrons. The molecule has 0 saturated carbocycles. The highest BCUT2D eigenvalue weighted by molar-refractivity contribution is 5.76. The standard InChI is InChI=1S/C24H31N/c1-4-10-19(3)23(5-2)24(21-12-7-6-8-13-21)22-16-14-20(15-17-22)11-9-18-25/h4,6-8,10,12-16,22H,3,5,9,11,17-18,25H2,1-2H3/b10-4-,24-23-. The summed E-state index contributed by atoms with van der Waals surface area (Å²) in [5.41, 5.74) is 12.3. The Morgan fingerprint density at radius 1 is 1.28 bits per heavy atom. The number of allylic oxidation sites excluding steroid dienone is 9. The predicted octanol–water partition coefficient (Wildman–Crippen LogP) is 6.22. The maximum Gasteiger partial charge on any atom is 0.00647 e. The van der Waals surface area contributed by atoms with Crippen LogP contribution in [0.5, 0.6) is 0 Å². The molecule has 1 unspecified atom stereocenters. The first-order chi connectivity index (χ1) is 12.2. The summed E-state index contributed by atoms with van der Waals surface area (Å²) in [7, 11) is 0. The molecule has 1 aliphatic rings. The molecule has 1 nitrogen and oxygen atoms in total. The lowest BCUT2D eigenvalue weighted by Gasteiger charge is -2.24. The second-order valence-corrected chi connectivity index (χ2v) is 6.51. The quantitative estimate of drug-likeness (QED) is 0.561. The van der Waals surface area contributed by atoms with Crippen LogP contribution in [0.4, 0.5) is 0 Å². The third-order valence-corrected chi connectivity index (χ3v) is 4.74. The van der Waals surface area contributed by atoms with Gasteiger partial charge < -0.3 is 5.73 Å². The van der Waals surface area contributed by atoms with E-state index in [1.807, 2.05) is 6.92 Å². The van der Waals surface area contributed by atoms with Crippen molar-refractivity contribution in [3.8, 4) is 0 Å². The predicted molar refractivity (Wildman–Crippen MR) is 111 cm³/mol. The van der Waals surface area contributed by atoms with Crippen molar-refractivity contribution in [3.63, 3.8) is 0 Å². The molecule has 0 aliphatic heterocycles. The number of rotatable bonds is 8. The highest BCUT2D eigenvalue weighted by Crippen LogP contribution is 2.37. The molecule has 0 amide bonds. The van der Waals surface area contributed by atoms with Crippen molar-refractivity contribution in [2.75, 3.05) is 6.54 Å². The van der Waals surface area contributed by atoms with E-state index in [0.717, 1.165) is 37.8 Å². The molecule has 0 bridgehead atoms. The fourth-order valence-electron chi connectivity index (χ4n) is 3.49. The van der Waals surface area contributed by atoms with Crippen molar-refractivity contribution in [2.24, 2.45) is 11.7 Å². The zero-order chi connectivity index (χ0) is 18.1. The Labute approximate surface area is 153 Å². The Morgan fingerprint density at radius 3 is 2.60 bits per heavy atom. The van der Waals surface area contributed by atoms with E-state index >= 15 is 0 Å². The smallest absolute Gasteiger partial charge is 0.00647 e. The first-order valence-corrected chi connectivity index (χ1v) is 9.39. The molecule has 1 heteroatoms. The molecule has 0 saturated heterocycles. The molecule has 25 heavy (non-hydrogen) atoms. The maximum atomic E-state index is 5.64. The minimum Gasteiger partial charge on any atom is -0.330 e. The minimum atomic E-state index is 0.404. The summed E-state index contributed by atoms with van der Waals surface area (Å²) in [6, 6.07) is 10.8. The molecule has 0 aromatic heterocycles. The maximum absolute atomic E-state index is 5.64. The summed E-state index contributed by atoms with van der Waals surface area (Å²) in [4.78, 5) is 0. The Morgan fingerprint density at radius 2 is 2.04 bits per heavy atom. The second-order valence-electron chi connectivity index (χ2n) is 6.51. The van der Waals surface area contributed by atoms with Crippen LogP contribution in [-0.2, 0) is 0 Å². The van der Waals surface area contributed by atoms with Crippen LogP contribution in [0.3, 0.4) is 0 Å². The molecule has 0 fully saturated rings. The zero-order valence-electron chi connectivity index (χ0n) is 15.7. The van der Waals surface area contributed by atoms with Crippen LogP contribution in [0.25, 0.3) is 5.57 Å². The summed E-state index contributed by atoms with van der Waals surface area (Å²) >= 11 is 0. The van der Waals surface area contributed by atoms with E-state index in [9.17, 15) is 0 Å². The number of hydrogen-bond acceptors (Lipinski definition) is 1. The molecule has 1 aromatic rings. The van der Waals surface area contributed by atoms with Crippen LogP contribution < -0.4 is 5.73 Å². The number of nitrogens with two attached hydrogens (primary N) is 1. The molecule has 2 N–H and O–H groups in total. The Kier molecular flexibility index (Phi) is 7.69. The van der Waals surface area contributed by atoms with Gasteiger partial charge in [-0.1, -0.05) is 79.8 Å². The summed E-state index contributed by atoms with van der Waals surface area (Å²) < 4.78 is 0. The lowest BCUT2D eigenvalue weighted by molar-refractivity contribution is 0.785. The molecule has 0 radical (unpaired) electrons. The zero-order valence-corrected chi connectivity index (χ0v) is 15.7. The highest BCUT2D eigenvalue weighted by Gasteiger charge is 2.19. The van der Waals surface area contributed by atoms with Gasteiger partial charge in [-0.3, -0.25) is 0 Å². The van der Waals surface area contributed by atoms with E-state index in [0.29, 0.717) is 5.92 Å². The van der Waals surface area contributed by atoms with E-state index < -0.39 is 0 Å². The summed E-state index contributed by atoms with van der Waals surface area (Å²) in [6.45, 7) is 9.34. The van der Waals surface area contributed by atoms with Crippen LogP contribution in [0.1, 0.15) is 45.1 Å². The van der Waals surface area contributed by atoms with Crippen molar-refractivity contribution in [3.05, 3.63) is 89.6 Å². The summed E-state index contributed by atoms with van der Waals surface area (Å²) in [5, 5.41) is 0. The number of hydrogen-bond donors (Lipinski definition) is 1. The molecule has 1 aromatic carbocycles. The van der Waals surface area contributed by atoms with Gasteiger partial charge in [-0.15, -0.1) is 0 Å². The third kappa shape index (κ3) is 5.17. The first-order valence-electron chi connectivity index (χ1n) is 9.39. The van der Waals surface area contributed by atoms with Gasteiger partial charge in [0.25, 0.3) is 0 Å². The van der Waals surface area contributed by atoms with Gasteiger partial charge in [0.1, 0.15) is 0 Å². The Bertz CT molecular complexity index is 686. The van der Waals surface area contributed by atoms with Gasteiger partial charge in [-0.25, -0.2) is 0 Å². The number of benzene rings is 1. The van der Waals surface area contributed by atoms with Gasteiger partial charge in [0.05, 0.1) is 0 Å². The van der Waals surface area contributed by atoms with Crippen LogP contribution in [0.15, 0.2) is 84.0 Å². The van der Waals surface area contributed by atoms with Crippen molar-refractivity contribution < 1.29 is 0 Å². The topological polar surface area (TPSA) is 26.0 Å². The third-order valence-electron chi connectivity index (χ3n) is 4.74. The fraction of sp³-hybridized carbons (Fsp3) is 0.333. The molecule has 0 heterocycles. The average molecular weight is 334 g/mol. The minimum absolute atomic E-state index is 0.404. The Balaban J connectivity index is 2.39. The van der Waals surface area contributed by atoms with Crippen LogP contribution in [0.2, 0.25) is 0 Å². The summed E-state index contributed by atoms with van der Waals surface area (Å²) in [5.74, 6) is 0.404. The Hall–Kier alpha value is -2.12. The summed E-state index contributed by atoms with van der Waals surface area (Å²) in [6.07, 6.45) is 15.4. The average Bonchev–Trinajstić information content (AvgIpc) is 2.65. The fourth-order valence-corrected chi connectivity index (χ4v) is 3.49. The van der Waals surface area contributed by atoms with Gasteiger partial charge in [0.15, 0.2) is 0 Å². The van der Waals surface area contributed by atoms with Gasteiger partial charge in [-0.2, -0.15) is 0 Å². The molecular formula is C24H31N. The largest absolute Gasteiger partial charge is 0.330 e. The van der Waals surface area contributed by atoms with Crippen molar-refractivity contribution in [2.45, 2.75) is 39.5 Å². The molecular weight excluding hydrogens is 302 g/mol. The molecule has 0 spiro atoms. The van der Waals surface area contributed by atoms with E-state index in [4.69, 9.17) is 5.73 Å². The first kappa shape index (κ1) is 19.2. The lowest BCUT2D eigenvalue weighted by atomic mass is 9.80. The second kappa shape index (κ2) is 10.0. The molecule has 1 aliphatic carbocycles. The van der Waals surface area contributed by atoms with E-state index in [-0.39, 0.29) is 0 Å². The van der Waals surface area contributed by atoms with E-state index in [2.05, 4.69) is 74.2 Å².